The van der Waals surface area contributed by atoms with Gasteiger partial charge >= 0.3 is 0 Å². The van der Waals surface area contributed by atoms with Crippen LogP contribution in [0.1, 0.15) is 32.4 Å². The van der Waals surface area contributed by atoms with E-state index in [-0.39, 0.29) is 0 Å². The van der Waals surface area contributed by atoms with Crippen molar-refractivity contribution in [2.75, 3.05) is 13.1 Å². The quantitative estimate of drug-likeness (QED) is 0.820. The van der Waals surface area contributed by atoms with Crippen molar-refractivity contribution in [2.45, 2.75) is 38.9 Å². The lowest BCUT2D eigenvalue weighted by atomic mass is 10.00. The Hall–Kier alpha value is -0.860. The molecule has 0 aliphatic carbocycles. The molecule has 0 amide bonds. The van der Waals surface area contributed by atoms with Gasteiger partial charge in [0.15, 0.2) is 0 Å². The number of hydrogen-bond acceptors (Lipinski definition) is 2. The molecule has 2 heteroatoms. The van der Waals surface area contributed by atoms with Crippen molar-refractivity contribution in [3.05, 3.63) is 35.9 Å². The van der Waals surface area contributed by atoms with E-state index in [0.717, 1.165) is 13.1 Å². The first kappa shape index (κ1) is 11.6. The number of nitrogens with zero attached hydrogens (tertiary/aromatic N) is 1. The van der Waals surface area contributed by atoms with Gasteiger partial charge in [-0.1, -0.05) is 30.3 Å². The molecule has 1 aromatic carbocycles. The molecule has 0 radical (unpaired) electrons. The maximum absolute atomic E-state index is 3.57. The predicted octanol–water partition coefficient (Wildman–Crippen LogP) is 2.43. The van der Waals surface area contributed by atoms with Crippen LogP contribution in [0.25, 0.3) is 0 Å². The van der Waals surface area contributed by atoms with E-state index in [4.69, 9.17) is 0 Å². The van der Waals surface area contributed by atoms with E-state index in [0.29, 0.717) is 18.1 Å². The minimum atomic E-state index is 0.525. The first-order valence-corrected chi connectivity index (χ1v) is 6.22. The van der Waals surface area contributed by atoms with Gasteiger partial charge in [0.25, 0.3) is 0 Å². The Kier molecular flexibility index (Phi) is 3.62. The van der Waals surface area contributed by atoms with Crippen LogP contribution in [0.2, 0.25) is 0 Å². The lowest BCUT2D eigenvalue weighted by Crippen LogP contribution is -2.53. The third kappa shape index (κ3) is 2.45. The summed E-state index contributed by atoms with van der Waals surface area (Å²) in [6.07, 6.45) is 0. The lowest BCUT2D eigenvalue weighted by molar-refractivity contribution is 0.101. The molecule has 2 atom stereocenters. The van der Waals surface area contributed by atoms with Gasteiger partial charge in [0, 0.05) is 31.2 Å². The molecule has 1 saturated heterocycles. The highest BCUT2D eigenvalue weighted by atomic mass is 15.2. The van der Waals surface area contributed by atoms with Crippen LogP contribution in [0.5, 0.6) is 0 Å². The first-order valence-electron chi connectivity index (χ1n) is 6.22. The zero-order chi connectivity index (χ0) is 11.5. The largest absolute Gasteiger partial charge is 0.311 e. The number of hydrogen-bond donors (Lipinski definition) is 1. The van der Waals surface area contributed by atoms with Crippen LogP contribution >= 0.6 is 0 Å². The molecule has 0 aromatic heterocycles. The van der Waals surface area contributed by atoms with Gasteiger partial charge < -0.3 is 5.32 Å². The average Bonchev–Trinajstić information content (AvgIpc) is 2.30. The van der Waals surface area contributed by atoms with E-state index in [2.05, 4.69) is 61.3 Å². The second-order valence-corrected chi connectivity index (χ2v) is 5.03. The third-order valence-corrected chi connectivity index (χ3v) is 3.39. The summed E-state index contributed by atoms with van der Waals surface area (Å²) in [4.78, 5) is 2.59. The average molecular weight is 218 g/mol. The van der Waals surface area contributed by atoms with Crippen LogP contribution in [0.15, 0.2) is 30.3 Å². The van der Waals surface area contributed by atoms with Gasteiger partial charge in [-0.15, -0.1) is 0 Å². The van der Waals surface area contributed by atoms with Crippen molar-refractivity contribution in [1.82, 2.24) is 10.2 Å². The molecule has 2 nitrogen and oxygen atoms in total. The van der Waals surface area contributed by atoms with Crippen molar-refractivity contribution in [2.24, 2.45) is 0 Å². The van der Waals surface area contributed by atoms with Crippen molar-refractivity contribution >= 4 is 0 Å². The van der Waals surface area contributed by atoms with E-state index in [1.807, 2.05) is 0 Å². The fourth-order valence-corrected chi connectivity index (χ4v) is 2.49. The van der Waals surface area contributed by atoms with Gasteiger partial charge in [-0.05, 0) is 26.3 Å². The monoisotopic (exact) mass is 218 g/mol. The smallest absolute Gasteiger partial charge is 0.0476 e. The number of piperazine rings is 1. The van der Waals surface area contributed by atoms with Gasteiger partial charge in [-0.25, -0.2) is 0 Å². The lowest BCUT2D eigenvalue weighted by Gasteiger charge is -2.42. The Balaban J connectivity index is 2.19. The molecule has 0 saturated carbocycles. The molecule has 1 aliphatic rings. The molecule has 1 N–H and O–H groups in total. The topological polar surface area (TPSA) is 15.3 Å². The molecule has 1 heterocycles. The summed E-state index contributed by atoms with van der Waals surface area (Å²) in [5.74, 6) is 0. The molecule has 0 spiro atoms. The van der Waals surface area contributed by atoms with Crippen molar-refractivity contribution in [3.8, 4) is 0 Å². The number of rotatable bonds is 2. The number of nitrogens with one attached hydrogen (secondary N) is 1. The molecule has 1 fully saturated rings. The molecule has 1 aliphatic heterocycles. The molecule has 16 heavy (non-hydrogen) atoms. The summed E-state index contributed by atoms with van der Waals surface area (Å²) in [5, 5.41) is 3.57. The van der Waals surface area contributed by atoms with Crippen molar-refractivity contribution < 1.29 is 0 Å². The van der Waals surface area contributed by atoms with E-state index in [9.17, 15) is 0 Å². The van der Waals surface area contributed by atoms with E-state index in [1.165, 1.54) is 5.56 Å². The van der Waals surface area contributed by atoms with E-state index >= 15 is 0 Å². The summed E-state index contributed by atoms with van der Waals surface area (Å²) in [6.45, 7) is 9.03. The summed E-state index contributed by atoms with van der Waals surface area (Å²) < 4.78 is 0. The fourth-order valence-electron chi connectivity index (χ4n) is 2.49. The van der Waals surface area contributed by atoms with Crippen LogP contribution in [0, 0.1) is 0 Å². The zero-order valence-corrected chi connectivity index (χ0v) is 10.5. The number of benzene rings is 1. The molecule has 2 rings (SSSR count). The standard InChI is InChI=1S/C14H22N2/c1-11(2)16-10-12(3)15-9-14(16)13-7-5-4-6-8-13/h4-8,11-12,14-15H,9-10H2,1-3H3. The summed E-state index contributed by atoms with van der Waals surface area (Å²) >= 11 is 0. The summed E-state index contributed by atoms with van der Waals surface area (Å²) in [7, 11) is 0. The van der Waals surface area contributed by atoms with Crippen molar-refractivity contribution in [3.63, 3.8) is 0 Å². The van der Waals surface area contributed by atoms with Crippen LogP contribution in [-0.2, 0) is 0 Å². The minimum absolute atomic E-state index is 0.525. The second kappa shape index (κ2) is 4.98. The maximum Gasteiger partial charge on any atom is 0.0476 e. The molecule has 0 bridgehead atoms. The van der Waals surface area contributed by atoms with E-state index in [1.54, 1.807) is 0 Å². The second-order valence-electron chi connectivity index (χ2n) is 5.03. The zero-order valence-electron chi connectivity index (χ0n) is 10.5. The molecule has 1 aromatic rings. The highest BCUT2D eigenvalue weighted by Gasteiger charge is 2.28. The highest BCUT2D eigenvalue weighted by molar-refractivity contribution is 5.20. The van der Waals surface area contributed by atoms with Gasteiger partial charge in [-0.2, -0.15) is 0 Å². The Morgan fingerprint density at radius 1 is 1.25 bits per heavy atom. The Labute approximate surface area is 98.7 Å². The maximum atomic E-state index is 3.57. The minimum Gasteiger partial charge on any atom is -0.311 e. The van der Waals surface area contributed by atoms with Gasteiger partial charge in [-0.3, -0.25) is 4.90 Å². The van der Waals surface area contributed by atoms with E-state index < -0.39 is 0 Å². The Morgan fingerprint density at radius 3 is 2.56 bits per heavy atom. The van der Waals surface area contributed by atoms with Crippen LogP contribution in [0.4, 0.5) is 0 Å². The van der Waals surface area contributed by atoms with Gasteiger partial charge in [0.05, 0.1) is 0 Å². The van der Waals surface area contributed by atoms with Crippen LogP contribution in [-0.4, -0.2) is 30.1 Å². The Morgan fingerprint density at radius 2 is 1.94 bits per heavy atom. The van der Waals surface area contributed by atoms with Gasteiger partial charge in [0.1, 0.15) is 0 Å². The fraction of sp³-hybridized carbons (Fsp3) is 0.571. The summed E-state index contributed by atoms with van der Waals surface area (Å²) in [6, 6.07) is 12.5. The molecular weight excluding hydrogens is 196 g/mol. The summed E-state index contributed by atoms with van der Waals surface area (Å²) in [5.41, 5.74) is 1.43. The highest BCUT2D eigenvalue weighted by Crippen LogP contribution is 2.25. The SMILES string of the molecule is CC1CN(C(C)C)C(c2ccccc2)CN1. The van der Waals surface area contributed by atoms with Crippen LogP contribution in [0.3, 0.4) is 0 Å². The Bertz CT molecular complexity index is 321. The molecule has 88 valence electrons. The normalized spacial score (nSPS) is 27.2. The third-order valence-electron chi connectivity index (χ3n) is 3.39. The van der Waals surface area contributed by atoms with Crippen molar-refractivity contribution in [1.29, 1.82) is 0 Å². The molecule has 2 unspecified atom stereocenters. The van der Waals surface area contributed by atoms with Crippen LogP contribution < -0.4 is 5.32 Å². The molecular formula is C14H22N2. The first-order chi connectivity index (χ1) is 7.68. The van der Waals surface area contributed by atoms with Gasteiger partial charge in [0.2, 0.25) is 0 Å². The predicted molar refractivity (Wildman–Crippen MR) is 68.5 cm³/mol.